The van der Waals surface area contributed by atoms with E-state index in [9.17, 15) is 5.11 Å². The number of aromatic nitrogens is 3. The first-order valence-corrected chi connectivity index (χ1v) is 6.03. The predicted molar refractivity (Wildman–Crippen MR) is 60.8 cm³/mol. The average Bonchev–Trinajstić information content (AvgIpc) is 2.76. The Labute approximate surface area is 96.1 Å². The fourth-order valence-corrected chi connectivity index (χ4v) is 2.32. The Hall–Kier alpha value is -0.940. The molecule has 2 heterocycles. The molecule has 90 valence electrons. The van der Waals surface area contributed by atoms with Gasteiger partial charge >= 0.3 is 0 Å². The molecular formula is C11H20N4O. The number of hydrogen-bond donors (Lipinski definition) is 1. The molecule has 1 N–H and O–H groups in total. The van der Waals surface area contributed by atoms with Gasteiger partial charge < -0.3 is 5.11 Å². The van der Waals surface area contributed by atoms with E-state index in [0.29, 0.717) is 12.5 Å². The van der Waals surface area contributed by atoms with Gasteiger partial charge in [0.1, 0.15) is 12.2 Å². The van der Waals surface area contributed by atoms with Crippen LogP contribution >= 0.6 is 0 Å². The first-order chi connectivity index (χ1) is 7.83. The van der Waals surface area contributed by atoms with E-state index in [4.69, 9.17) is 0 Å². The Kier molecular flexibility index (Phi) is 3.90. The van der Waals surface area contributed by atoms with Crippen LogP contribution in [0.2, 0.25) is 0 Å². The van der Waals surface area contributed by atoms with Gasteiger partial charge in [-0.25, -0.2) is 9.67 Å². The zero-order valence-corrected chi connectivity index (χ0v) is 9.84. The fourth-order valence-electron chi connectivity index (χ4n) is 2.32. The van der Waals surface area contributed by atoms with Crippen molar-refractivity contribution >= 4 is 0 Å². The number of piperidine rings is 1. The van der Waals surface area contributed by atoms with Crippen molar-refractivity contribution in [2.24, 2.45) is 5.92 Å². The summed E-state index contributed by atoms with van der Waals surface area (Å²) in [6.45, 7) is 6.18. The molecule has 16 heavy (non-hydrogen) atoms. The van der Waals surface area contributed by atoms with Crippen LogP contribution in [0.5, 0.6) is 0 Å². The molecule has 5 nitrogen and oxygen atoms in total. The smallest absolute Gasteiger partial charge is 0.140 e. The third kappa shape index (κ3) is 2.59. The summed E-state index contributed by atoms with van der Waals surface area (Å²) in [5.41, 5.74) is 0. The second-order valence-corrected chi connectivity index (χ2v) is 4.42. The van der Waals surface area contributed by atoms with Crippen molar-refractivity contribution in [2.45, 2.75) is 32.9 Å². The van der Waals surface area contributed by atoms with Gasteiger partial charge in [0.25, 0.3) is 0 Å². The minimum Gasteiger partial charge on any atom is -0.396 e. The number of aliphatic hydroxyl groups is 1. The van der Waals surface area contributed by atoms with Crippen LogP contribution in [-0.2, 0) is 13.1 Å². The van der Waals surface area contributed by atoms with Crippen LogP contribution in [0.3, 0.4) is 0 Å². The summed E-state index contributed by atoms with van der Waals surface area (Å²) in [7, 11) is 0. The lowest BCUT2D eigenvalue weighted by atomic mass is 9.99. The Morgan fingerprint density at radius 1 is 1.56 bits per heavy atom. The van der Waals surface area contributed by atoms with Gasteiger partial charge in [0.05, 0.1) is 6.54 Å². The first-order valence-electron chi connectivity index (χ1n) is 6.03. The average molecular weight is 224 g/mol. The van der Waals surface area contributed by atoms with Crippen LogP contribution in [0.15, 0.2) is 6.33 Å². The highest BCUT2D eigenvalue weighted by molar-refractivity contribution is 4.86. The molecule has 0 aromatic carbocycles. The van der Waals surface area contributed by atoms with Gasteiger partial charge in [-0.15, -0.1) is 0 Å². The van der Waals surface area contributed by atoms with Crippen molar-refractivity contribution in [3.05, 3.63) is 12.2 Å². The van der Waals surface area contributed by atoms with E-state index in [1.54, 1.807) is 6.33 Å². The molecule has 1 aromatic rings. The molecule has 0 spiro atoms. The van der Waals surface area contributed by atoms with Gasteiger partial charge in [-0.1, -0.05) is 0 Å². The Balaban J connectivity index is 1.93. The van der Waals surface area contributed by atoms with E-state index in [1.807, 2.05) is 4.68 Å². The molecule has 5 heteroatoms. The van der Waals surface area contributed by atoms with E-state index in [-0.39, 0.29) is 0 Å². The van der Waals surface area contributed by atoms with Crippen LogP contribution in [0.4, 0.5) is 0 Å². The van der Waals surface area contributed by atoms with Crippen molar-refractivity contribution in [1.29, 1.82) is 0 Å². The Morgan fingerprint density at radius 3 is 3.19 bits per heavy atom. The lowest BCUT2D eigenvalue weighted by Gasteiger charge is -2.31. The fraction of sp³-hybridized carbons (Fsp3) is 0.818. The molecule has 0 radical (unpaired) electrons. The standard InChI is InChI=1S/C11H20N4O/c1-2-15-11(12-9-13-15)7-14-5-3-4-10(6-14)8-16/h9-10,16H,2-8H2,1H3. The minimum atomic E-state index is 0.303. The van der Waals surface area contributed by atoms with Gasteiger partial charge in [0.15, 0.2) is 0 Å². The number of nitrogens with zero attached hydrogens (tertiary/aromatic N) is 4. The lowest BCUT2D eigenvalue weighted by Crippen LogP contribution is -2.37. The maximum atomic E-state index is 9.18. The summed E-state index contributed by atoms with van der Waals surface area (Å²) in [6.07, 6.45) is 3.94. The minimum absolute atomic E-state index is 0.303. The second kappa shape index (κ2) is 5.41. The molecule has 0 amide bonds. The zero-order chi connectivity index (χ0) is 11.4. The van der Waals surface area contributed by atoms with E-state index in [2.05, 4.69) is 21.9 Å². The largest absolute Gasteiger partial charge is 0.396 e. The summed E-state index contributed by atoms with van der Waals surface area (Å²) < 4.78 is 1.93. The van der Waals surface area contributed by atoms with Crippen molar-refractivity contribution in [1.82, 2.24) is 19.7 Å². The Morgan fingerprint density at radius 2 is 2.44 bits per heavy atom. The van der Waals surface area contributed by atoms with Crippen LogP contribution in [-0.4, -0.2) is 44.5 Å². The zero-order valence-electron chi connectivity index (χ0n) is 9.84. The molecular weight excluding hydrogens is 204 g/mol. The predicted octanol–water partition coefficient (Wildman–Crippen LogP) is 0.502. The molecule has 0 saturated carbocycles. The molecule has 1 fully saturated rings. The number of likely N-dealkylation sites (tertiary alicyclic amines) is 1. The van der Waals surface area contributed by atoms with Crippen LogP contribution in [0.25, 0.3) is 0 Å². The number of aryl methyl sites for hydroxylation is 1. The first kappa shape index (κ1) is 11.5. The third-order valence-corrected chi connectivity index (χ3v) is 3.22. The highest BCUT2D eigenvalue weighted by Gasteiger charge is 2.20. The Bertz CT molecular complexity index is 326. The van der Waals surface area contributed by atoms with Gasteiger partial charge in [-0.2, -0.15) is 5.10 Å². The van der Waals surface area contributed by atoms with Gasteiger partial charge in [-0.05, 0) is 32.2 Å². The van der Waals surface area contributed by atoms with Crippen molar-refractivity contribution in [3.8, 4) is 0 Å². The van der Waals surface area contributed by atoms with Crippen LogP contribution < -0.4 is 0 Å². The lowest BCUT2D eigenvalue weighted by molar-refractivity contribution is 0.113. The topological polar surface area (TPSA) is 54.2 Å². The highest BCUT2D eigenvalue weighted by Crippen LogP contribution is 2.17. The van der Waals surface area contributed by atoms with Crippen molar-refractivity contribution in [2.75, 3.05) is 19.7 Å². The van der Waals surface area contributed by atoms with Gasteiger partial charge in [-0.3, -0.25) is 4.90 Å². The van der Waals surface area contributed by atoms with Gasteiger partial charge in [0.2, 0.25) is 0 Å². The SMILES string of the molecule is CCn1ncnc1CN1CCCC(CO)C1. The molecule has 1 atom stereocenters. The summed E-state index contributed by atoms with van der Waals surface area (Å²) in [4.78, 5) is 6.64. The molecule has 1 aromatic heterocycles. The molecule has 0 bridgehead atoms. The van der Waals surface area contributed by atoms with E-state index in [0.717, 1.165) is 38.4 Å². The van der Waals surface area contributed by atoms with E-state index >= 15 is 0 Å². The van der Waals surface area contributed by atoms with Crippen LogP contribution in [0.1, 0.15) is 25.6 Å². The molecule has 2 rings (SSSR count). The maximum Gasteiger partial charge on any atom is 0.140 e. The molecule has 0 aliphatic carbocycles. The number of hydrogen-bond acceptors (Lipinski definition) is 4. The maximum absolute atomic E-state index is 9.18. The molecule has 1 aliphatic heterocycles. The number of rotatable bonds is 4. The second-order valence-electron chi connectivity index (χ2n) is 4.42. The van der Waals surface area contributed by atoms with Crippen molar-refractivity contribution < 1.29 is 5.11 Å². The molecule has 1 aliphatic rings. The van der Waals surface area contributed by atoms with Crippen molar-refractivity contribution in [3.63, 3.8) is 0 Å². The monoisotopic (exact) mass is 224 g/mol. The van der Waals surface area contributed by atoms with Crippen LogP contribution in [0, 0.1) is 5.92 Å². The third-order valence-electron chi connectivity index (χ3n) is 3.22. The quantitative estimate of drug-likeness (QED) is 0.809. The highest BCUT2D eigenvalue weighted by atomic mass is 16.3. The van der Waals surface area contributed by atoms with E-state index in [1.165, 1.54) is 6.42 Å². The summed E-state index contributed by atoms with van der Waals surface area (Å²) in [5, 5.41) is 13.3. The number of aliphatic hydroxyl groups excluding tert-OH is 1. The molecule has 1 saturated heterocycles. The normalized spacial score (nSPS) is 22.5. The van der Waals surface area contributed by atoms with Gasteiger partial charge in [0, 0.05) is 19.7 Å². The molecule has 1 unspecified atom stereocenters. The summed E-state index contributed by atoms with van der Waals surface area (Å²) >= 11 is 0. The summed E-state index contributed by atoms with van der Waals surface area (Å²) in [5.74, 6) is 1.47. The summed E-state index contributed by atoms with van der Waals surface area (Å²) in [6, 6.07) is 0. The van der Waals surface area contributed by atoms with E-state index < -0.39 is 0 Å².